The molecular weight excluding hydrogens is 336 g/mol. The van der Waals surface area contributed by atoms with E-state index in [1.54, 1.807) is 6.07 Å². The Hall–Kier alpha value is -3.22. The number of rotatable bonds is 6. The second-order valence-electron chi connectivity index (χ2n) is 5.72. The Kier molecular flexibility index (Phi) is 6.43. The second kappa shape index (κ2) is 8.75. The number of nitrogens with one attached hydrogen (secondary N) is 2. The highest BCUT2D eigenvalue weighted by Gasteiger charge is 2.11. The molecule has 2 amide bonds. The van der Waals surface area contributed by atoms with E-state index in [0.717, 1.165) is 11.1 Å². The molecule has 2 N–H and O–H groups in total. The molecule has 0 atom stereocenters. The van der Waals surface area contributed by atoms with Crippen molar-refractivity contribution < 1.29 is 23.8 Å². The molecule has 0 unspecified atom stereocenters. The SMILES string of the molecule is COc1cc(OC)cc(C(=O)NNC(=O)COc2cc(C)cc(C)c2)c1. The van der Waals surface area contributed by atoms with E-state index in [4.69, 9.17) is 14.2 Å². The van der Waals surface area contributed by atoms with E-state index in [0.29, 0.717) is 17.2 Å². The first-order valence-corrected chi connectivity index (χ1v) is 7.94. The molecule has 0 saturated carbocycles. The number of benzene rings is 2. The zero-order valence-electron chi connectivity index (χ0n) is 15.2. The first-order chi connectivity index (χ1) is 12.4. The van der Waals surface area contributed by atoms with E-state index < -0.39 is 11.8 Å². The van der Waals surface area contributed by atoms with Gasteiger partial charge in [0.15, 0.2) is 6.61 Å². The molecule has 0 radical (unpaired) electrons. The first-order valence-electron chi connectivity index (χ1n) is 7.94. The third-order valence-electron chi connectivity index (χ3n) is 3.49. The maximum atomic E-state index is 12.2. The van der Waals surface area contributed by atoms with Crippen molar-refractivity contribution in [2.45, 2.75) is 13.8 Å². The van der Waals surface area contributed by atoms with Crippen LogP contribution in [-0.4, -0.2) is 32.6 Å². The van der Waals surface area contributed by atoms with Crippen molar-refractivity contribution in [3.05, 3.63) is 53.1 Å². The van der Waals surface area contributed by atoms with E-state index in [2.05, 4.69) is 10.9 Å². The summed E-state index contributed by atoms with van der Waals surface area (Å²) in [5.41, 5.74) is 7.01. The van der Waals surface area contributed by atoms with Crippen LogP contribution in [0.1, 0.15) is 21.5 Å². The number of hydrazine groups is 1. The fraction of sp³-hybridized carbons (Fsp3) is 0.263. The predicted octanol–water partition coefficient (Wildman–Crippen LogP) is 2.16. The maximum Gasteiger partial charge on any atom is 0.276 e. The van der Waals surface area contributed by atoms with Gasteiger partial charge in [0.2, 0.25) is 0 Å². The van der Waals surface area contributed by atoms with Gasteiger partial charge in [-0.2, -0.15) is 0 Å². The Labute approximate surface area is 152 Å². The Balaban J connectivity index is 1.89. The average Bonchev–Trinajstić information content (AvgIpc) is 2.63. The van der Waals surface area contributed by atoms with Crippen LogP contribution in [-0.2, 0) is 4.79 Å². The van der Waals surface area contributed by atoms with Gasteiger partial charge in [-0.3, -0.25) is 20.4 Å². The van der Waals surface area contributed by atoms with Crippen LogP contribution in [0.3, 0.4) is 0 Å². The average molecular weight is 358 g/mol. The van der Waals surface area contributed by atoms with Gasteiger partial charge in [-0.25, -0.2) is 0 Å². The van der Waals surface area contributed by atoms with Crippen LogP contribution >= 0.6 is 0 Å². The molecule has 2 rings (SSSR count). The molecule has 0 aliphatic rings. The molecular formula is C19H22N2O5. The van der Waals surface area contributed by atoms with Gasteiger partial charge in [0.05, 0.1) is 14.2 Å². The lowest BCUT2D eigenvalue weighted by Crippen LogP contribution is -2.43. The quantitative estimate of drug-likeness (QED) is 0.773. The van der Waals surface area contributed by atoms with E-state index in [1.807, 2.05) is 32.0 Å². The zero-order valence-corrected chi connectivity index (χ0v) is 15.2. The van der Waals surface area contributed by atoms with Crippen molar-refractivity contribution in [1.29, 1.82) is 0 Å². The Morgan fingerprint density at radius 1 is 0.808 bits per heavy atom. The number of hydrogen-bond donors (Lipinski definition) is 2. The van der Waals surface area contributed by atoms with Gasteiger partial charge >= 0.3 is 0 Å². The molecule has 26 heavy (non-hydrogen) atoms. The molecule has 0 heterocycles. The number of aryl methyl sites for hydroxylation is 2. The highest BCUT2D eigenvalue weighted by atomic mass is 16.5. The number of amides is 2. The summed E-state index contributed by atoms with van der Waals surface area (Å²) in [4.78, 5) is 24.0. The van der Waals surface area contributed by atoms with Crippen molar-refractivity contribution >= 4 is 11.8 Å². The van der Waals surface area contributed by atoms with Crippen molar-refractivity contribution in [1.82, 2.24) is 10.9 Å². The maximum absolute atomic E-state index is 12.2. The predicted molar refractivity (Wildman–Crippen MR) is 96.6 cm³/mol. The summed E-state index contributed by atoms with van der Waals surface area (Å²) >= 11 is 0. The molecule has 0 aliphatic heterocycles. The molecule has 0 fully saturated rings. The van der Waals surface area contributed by atoms with Gasteiger partial charge in [0.1, 0.15) is 17.2 Å². The highest BCUT2D eigenvalue weighted by molar-refractivity contribution is 5.96. The normalized spacial score (nSPS) is 10.0. The summed E-state index contributed by atoms with van der Waals surface area (Å²) in [5, 5.41) is 0. The minimum Gasteiger partial charge on any atom is -0.497 e. The van der Waals surface area contributed by atoms with Gasteiger partial charge in [-0.05, 0) is 49.2 Å². The van der Waals surface area contributed by atoms with Gasteiger partial charge < -0.3 is 14.2 Å². The summed E-state index contributed by atoms with van der Waals surface area (Å²) in [6, 6.07) is 10.4. The minimum atomic E-state index is -0.498. The largest absolute Gasteiger partial charge is 0.497 e. The van der Waals surface area contributed by atoms with E-state index in [-0.39, 0.29) is 12.2 Å². The lowest BCUT2D eigenvalue weighted by atomic mass is 10.1. The second-order valence-corrected chi connectivity index (χ2v) is 5.72. The third kappa shape index (κ3) is 5.41. The minimum absolute atomic E-state index is 0.218. The Morgan fingerprint density at radius 3 is 1.92 bits per heavy atom. The van der Waals surface area contributed by atoms with Crippen LogP contribution in [0.5, 0.6) is 17.2 Å². The Morgan fingerprint density at radius 2 is 1.38 bits per heavy atom. The molecule has 7 heteroatoms. The highest BCUT2D eigenvalue weighted by Crippen LogP contribution is 2.22. The van der Waals surface area contributed by atoms with E-state index in [1.165, 1.54) is 26.4 Å². The van der Waals surface area contributed by atoms with Crippen LogP contribution in [0.2, 0.25) is 0 Å². The molecule has 2 aromatic rings. The van der Waals surface area contributed by atoms with Gasteiger partial charge in [-0.15, -0.1) is 0 Å². The number of hydrogen-bond acceptors (Lipinski definition) is 5. The lowest BCUT2D eigenvalue weighted by molar-refractivity contribution is -0.123. The fourth-order valence-electron chi connectivity index (χ4n) is 2.34. The zero-order chi connectivity index (χ0) is 19.1. The van der Waals surface area contributed by atoms with Crippen LogP contribution < -0.4 is 25.1 Å². The molecule has 0 aliphatic carbocycles. The van der Waals surface area contributed by atoms with Crippen molar-refractivity contribution in [3.8, 4) is 17.2 Å². The van der Waals surface area contributed by atoms with E-state index >= 15 is 0 Å². The van der Waals surface area contributed by atoms with Crippen molar-refractivity contribution in [2.24, 2.45) is 0 Å². The van der Waals surface area contributed by atoms with Gasteiger partial charge in [-0.1, -0.05) is 6.07 Å². The third-order valence-corrected chi connectivity index (χ3v) is 3.49. The summed E-state index contributed by atoms with van der Waals surface area (Å²) in [6.45, 7) is 3.68. The fourth-order valence-corrected chi connectivity index (χ4v) is 2.34. The number of ether oxygens (including phenoxy) is 3. The summed E-state index contributed by atoms with van der Waals surface area (Å²) in [7, 11) is 2.98. The van der Waals surface area contributed by atoms with Crippen LogP contribution in [0.25, 0.3) is 0 Å². The summed E-state index contributed by atoms with van der Waals surface area (Å²) < 4.78 is 15.7. The standard InChI is InChI=1S/C19H22N2O5/c1-12-5-13(2)7-17(6-12)26-11-18(22)20-21-19(23)14-8-15(24-3)10-16(9-14)25-4/h5-10H,11H2,1-4H3,(H,20,22)(H,21,23). The van der Waals surface area contributed by atoms with Crippen LogP contribution in [0.15, 0.2) is 36.4 Å². The van der Waals surface area contributed by atoms with Crippen LogP contribution in [0, 0.1) is 13.8 Å². The first kappa shape index (κ1) is 19.1. The molecule has 0 bridgehead atoms. The molecule has 0 spiro atoms. The van der Waals surface area contributed by atoms with Crippen molar-refractivity contribution in [3.63, 3.8) is 0 Å². The molecule has 0 saturated heterocycles. The summed E-state index contributed by atoms with van der Waals surface area (Å²) in [5.74, 6) is 0.564. The molecule has 138 valence electrons. The molecule has 0 aromatic heterocycles. The van der Waals surface area contributed by atoms with E-state index in [9.17, 15) is 9.59 Å². The number of carbonyl (C=O) groups is 2. The van der Waals surface area contributed by atoms with Gasteiger partial charge in [0.25, 0.3) is 11.8 Å². The molecule has 2 aromatic carbocycles. The van der Waals surface area contributed by atoms with Crippen LogP contribution in [0.4, 0.5) is 0 Å². The Bertz CT molecular complexity index is 762. The van der Waals surface area contributed by atoms with Crippen molar-refractivity contribution in [2.75, 3.05) is 20.8 Å². The number of carbonyl (C=O) groups excluding carboxylic acids is 2. The monoisotopic (exact) mass is 358 g/mol. The molecule has 7 nitrogen and oxygen atoms in total. The van der Waals surface area contributed by atoms with Gasteiger partial charge in [0, 0.05) is 11.6 Å². The lowest BCUT2D eigenvalue weighted by Gasteiger charge is -2.11. The number of methoxy groups -OCH3 is 2. The smallest absolute Gasteiger partial charge is 0.276 e. The summed E-state index contributed by atoms with van der Waals surface area (Å²) in [6.07, 6.45) is 0. The topological polar surface area (TPSA) is 85.9 Å².